The lowest BCUT2D eigenvalue weighted by Crippen LogP contribution is -2.30. The molecule has 0 aliphatic rings. The molecule has 0 spiro atoms. The van der Waals surface area contributed by atoms with Gasteiger partial charge in [-0.1, -0.05) is 18.2 Å². The lowest BCUT2D eigenvalue weighted by Gasteiger charge is -2.19. The largest absolute Gasteiger partial charge is 0.339 e. The van der Waals surface area contributed by atoms with Crippen molar-refractivity contribution in [3.8, 4) is 0 Å². The van der Waals surface area contributed by atoms with Crippen LogP contribution in [0.3, 0.4) is 0 Å². The van der Waals surface area contributed by atoms with Crippen LogP contribution in [0, 0.1) is 6.92 Å². The van der Waals surface area contributed by atoms with E-state index in [2.05, 4.69) is 4.72 Å². The number of aryl methyl sites for hydroxylation is 1. The number of hydrogen-bond donors (Lipinski definition) is 1. The van der Waals surface area contributed by atoms with E-state index in [0.717, 1.165) is 0 Å². The molecule has 0 radical (unpaired) electrons. The van der Waals surface area contributed by atoms with Gasteiger partial charge in [0.25, 0.3) is 15.9 Å². The highest BCUT2D eigenvalue weighted by atomic mass is 32.2. The highest BCUT2D eigenvalue weighted by molar-refractivity contribution is 7.92. The fourth-order valence-electron chi connectivity index (χ4n) is 2.41. The monoisotopic (exact) mass is 346 g/mol. The van der Waals surface area contributed by atoms with Crippen molar-refractivity contribution in [2.75, 3.05) is 17.8 Å². The van der Waals surface area contributed by atoms with Crippen LogP contribution >= 0.6 is 0 Å². The predicted octanol–water partition coefficient (Wildman–Crippen LogP) is 3.28. The summed E-state index contributed by atoms with van der Waals surface area (Å²) in [6.45, 7) is 6.91. The number of nitrogens with one attached hydrogen (secondary N) is 1. The van der Waals surface area contributed by atoms with Crippen LogP contribution in [-0.2, 0) is 10.0 Å². The molecule has 2 aromatic carbocycles. The maximum Gasteiger partial charge on any atom is 0.261 e. The third kappa shape index (κ3) is 3.94. The van der Waals surface area contributed by atoms with Crippen molar-refractivity contribution in [1.29, 1.82) is 0 Å². The van der Waals surface area contributed by atoms with Gasteiger partial charge >= 0.3 is 0 Å². The molecule has 0 atom stereocenters. The Bertz CT molecular complexity index is 813. The molecule has 24 heavy (non-hydrogen) atoms. The van der Waals surface area contributed by atoms with Crippen molar-refractivity contribution in [3.63, 3.8) is 0 Å². The lowest BCUT2D eigenvalue weighted by molar-refractivity contribution is 0.0773. The average Bonchev–Trinajstić information content (AvgIpc) is 2.58. The first-order valence-corrected chi connectivity index (χ1v) is 9.35. The van der Waals surface area contributed by atoms with Gasteiger partial charge in [-0.25, -0.2) is 8.42 Å². The predicted molar refractivity (Wildman–Crippen MR) is 95.7 cm³/mol. The number of amides is 1. The standard InChI is InChI=1S/C18H22N2O3S/c1-4-20(5-2)18(21)15-11-12-17(14(3)13-15)19-24(22,23)16-9-7-6-8-10-16/h6-13,19H,4-5H2,1-3H3. The van der Waals surface area contributed by atoms with Crippen molar-refractivity contribution in [1.82, 2.24) is 4.90 Å². The summed E-state index contributed by atoms with van der Waals surface area (Å²) >= 11 is 0. The van der Waals surface area contributed by atoms with Crippen molar-refractivity contribution in [2.45, 2.75) is 25.7 Å². The van der Waals surface area contributed by atoms with Crippen LogP contribution in [0.15, 0.2) is 53.4 Å². The third-order valence-electron chi connectivity index (χ3n) is 3.82. The van der Waals surface area contributed by atoms with Crippen LogP contribution in [0.25, 0.3) is 0 Å². The molecule has 0 saturated heterocycles. The topological polar surface area (TPSA) is 66.5 Å². The van der Waals surface area contributed by atoms with E-state index in [1.54, 1.807) is 48.2 Å². The van der Waals surface area contributed by atoms with Crippen LogP contribution < -0.4 is 4.72 Å². The first kappa shape index (κ1) is 18.0. The molecule has 0 aromatic heterocycles. The number of anilines is 1. The summed E-state index contributed by atoms with van der Waals surface area (Å²) in [4.78, 5) is 14.3. The van der Waals surface area contributed by atoms with Crippen molar-refractivity contribution in [3.05, 3.63) is 59.7 Å². The van der Waals surface area contributed by atoms with Gasteiger partial charge in [-0.3, -0.25) is 9.52 Å². The van der Waals surface area contributed by atoms with Gasteiger partial charge in [0.05, 0.1) is 10.6 Å². The van der Waals surface area contributed by atoms with E-state index in [1.807, 2.05) is 13.8 Å². The Morgan fingerprint density at radius 2 is 1.67 bits per heavy atom. The number of hydrogen-bond acceptors (Lipinski definition) is 3. The quantitative estimate of drug-likeness (QED) is 0.873. The third-order valence-corrected chi connectivity index (χ3v) is 5.20. The fraction of sp³-hybridized carbons (Fsp3) is 0.278. The van der Waals surface area contributed by atoms with E-state index in [9.17, 15) is 13.2 Å². The number of nitrogens with zero attached hydrogens (tertiary/aromatic N) is 1. The molecule has 0 aliphatic carbocycles. The molecule has 1 amide bonds. The van der Waals surface area contributed by atoms with E-state index in [0.29, 0.717) is 29.9 Å². The minimum absolute atomic E-state index is 0.0550. The van der Waals surface area contributed by atoms with Crippen LogP contribution in [0.5, 0.6) is 0 Å². The van der Waals surface area contributed by atoms with Gasteiger partial charge in [-0.15, -0.1) is 0 Å². The molecule has 0 saturated carbocycles. The minimum atomic E-state index is -3.64. The minimum Gasteiger partial charge on any atom is -0.339 e. The van der Waals surface area contributed by atoms with Gasteiger partial charge in [-0.2, -0.15) is 0 Å². The maximum atomic E-state index is 12.4. The van der Waals surface area contributed by atoms with Crippen LogP contribution in [0.4, 0.5) is 5.69 Å². The summed E-state index contributed by atoms with van der Waals surface area (Å²) in [7, 11) is -3.64. The Hall–Kier alpha value is -2.34. The Kier molecular flexibility index (Phi) is 5.62. The van der Waals surface area contributed by atoms with E-state index in [1.165, 1.54) is 12.1 Å². The molecule has 0 fully saturated rings. The molecule has 0 unspecified atom stereocenters. The molecular weight excluding hydrogens is 324 g/mol. The first-order valence-electron chi connectivity index (χ1n) is 7.86. The number of rotatable bonds is 6. The van der Waals surface area contributed by atoms with Gasteiger partial charge < -0.3 is 4.90 Å². The van der Waals surface area contributed by atoms with Gasteiger partial charge in [0.15, 0.2) is 0 Å². The molecule has 0 aliphatic heterocycles. The van der Waals surface area contributed by atoms with E-state index >= 15 is 0 Å². The van der Waals surface area contributed by atoms with Crippen LogP contribution in [0.2, 0.25) is 0 Å². The van der Waals surface area contributed by atoms with E-state index in [-0.39, 0.29) is 10.8 Å². The van der Waals surface area contributed by atoms with Crippen molar-refractivity contribution in [2.24, 2.45) is 0 Å². The summed E-state index contributed by atoms with van der Waals surface area (Å²) in [6, 6.07) is 13.2. The molecule has 128 valence electrons. The summed E-state index contributed by atoms with van der Waals surface area (Å²) in [5.74, 6) is -0.0550. The Morgan fingerprint density at radius 3 is 2.21 bits per heavy atom. The van der Waals surface area contributed by atoms with E-state index < -0.39 is 10.0 Å². The Labute approximate surface area is 143 Å². The number of carbonyl (C=O) groups excluding carboxylic acids is 1. The average molecular weight is 346 g/mol. The molecule has 1 N–H and O–H groups in total. The highest BCUT2D eigenvalue weighted by Gasteiger charge is 2.17. The summed E-state index contributed by atoms with van der Waals surface area (Å²) in [6.07, 6.45) is 0. The maximum absolute atomic E-state index is 12.4. The zero-order valence-corrected chi connectivity index (χ0v) is 14.9. The Balaban J connectivity index is 2.26. The molecule has 0 heterocycles. The molecule has 2 aromatic rings. The van der Waals surface area contributed by atoms with E-state index in [4.69, 9.17) is 0 Å². The lowest BCUT2D eigenvalue weighted by atomic mass is 10.1. The second-order valence-electron chi connectivity index (χ2n) is 5.43. The second-order valence-corrected chi connectivity index (χ2v) is 7.11. The molecule has 5 nitrogen and oxygen atoms in total. The Morgan fingerprint density at radius 1 is 1.04 bits per heavy atom. The summed E-state index contributed by atoms with van der Waals surface area (Å²) in [5.41, 5.74) is 1.72. The van der Waals surface area contributed by atoms with Crippen LogP contribution in [0.1, 0.15) is 29.8 Å². The van der Waals surface area contributed by atoms with Crippen LogP contribution in [-0.4, -0.2) is 32.3 Å². The number of sulfonamides is 1. The molecule has 6 heteroatoms. The zero-order valence-electron chi connectivity index (χ0n) is 14.1. The van der Waals surface area contributed by atoms with Gasteiger partial charge in [0.2, 0.25) is 0 Å². The smallest absolute Gasteiger partial charge is 0.261 e. The first-order chi connectivity index (χ1) is 11.4. The van der Waals surface area contributed by atoms with Crippen molar-refractivity contribution >= 4 is 21.6 Å². The van der Waals surface area contributed by atoms with Crippen molar-refractivity contribution < 1.29 is 13.2 Å². The molecule has 2 rings (SSSR count). The molecular formula is C18H22N2O3S. The molecule has 0 bridgehead atoms. The summed E-state index contributed by atoms with van der Waals surface area (Å²) < 4.78 is 27.3. The fourth-order valence-corrected chi connectivity index (χ4v) is 3.56. The number of carbonyl (C=O) groups is 1. The normalized spacial score (nSPS) is 11.1. The SMILES string of the molecule is CCN(CC)C(=O)c1ccc(NS(=O)(=O)c2ccccc2)c(C)c1. The number of benzene rings is 2. The van der Waals surface area contributed by atoms with Gasteiger partial charge in [0, 0.05) is 18.7 Å². The highest BCUT2D eigenvalue weighted by Crippen LogP contribution is 2.21. The van der Waals surface area contributed by atoms with Gasteiger partial charge in [-0.05, 0) is 56.7 Å². The second kappa shape index (κ2) is 7.49. The summed E-state index contributed by atoms with van der Waals surface area (Å²) in [5, 5.41) is 0. The zero-order chi connectivity index (χ0) is 17.7. The van der Waals surface area contributed by atoms with Gasteiger partial charge in [0.1, 0.15) is 0 Å².